The van der Waals surface area contributed by atoms with E-state index in [1.807, 2.05) is 13.8 Å². The standard InChI is InChI=1S/C12H21N3O4/c1-3-5-8(11(17)18)14-12(19)15-7-6-13-10(16)9(15)4-2/h8-9H,3-7H2,1-2H3,(H,13,16)(H,14,19)(H,17,18). The molecule has 0 aromatic heterocycles. The SMILES string of the molecule is CCCC(NC(=O)N1CCNC(=O)C1CC)C(=O)O. The molecule has 7 heteroatoms. The Labute approximate surface area is 112 Å². The molecule has 1 aliphatic heterocycles. The zero-order valence-electron chi connectivity index (χ0n) is 11.3. The van der Waals surface area contributed by atoms with Gasteiger partial charge in [0.25, 0.3) is 0 Å². The van der Waals surface area contributed by atoms with Gasteiger partial charge in [-0.15, -0.1) is 0 Å². The highest BCUT2D eigenvalue weighted by atomic mass is 16.4. The molecule has 2 unspecified atom stereocenters. The van der Waals surface area contributed by atoms with Gasteiger partial charge in [0.2, 0.25) is 5.91 Å². The Morgan fingerprint density at radius 2 is 2.21 bits per heavy atom. The predicted octanol–water partition coefficient (Wildman–Crippen LogP) is 0.160. The minimum atomic E-state index is -1.05. The predicted molar refractivity (Wildman–Crippen MR) is 68.7 cm³/mol. The molecular formula is C12H21N3O4. The molecule has 1 fully saturated rings. The molecule has 0 radical (unpaired) electrons. The molecule has 3 N–H and O–H groups in total. The fourth-order valence-corrected chi connectivity index (χ4v) is 2.14. The lowest BCUT2D eigenvalue weighted by molar-refractivity contribution is -0.139. The van der Waals surface area contributed by atoms with Crippen molar-refractivity contribution in [3.8, 4) is 0 Å². The van der Waals surface area contributed by atoms with E-state index in [2.05, 4.69) is 10.6 Å². The monoisotopic (exact) mass is 271 g/mol. The quantitative estimate of drug-likeness (QED) is 0.663. The Hall–Kier alpha value is -1.79. The van der Waals surface area contributed by atoms with Gasteiger partial charge in [0.05, 0.1) is 0 Å². The molecule has 0 aromatic rings. The van der Waals surface area contributed by atoms with Crippen molar-refractivity contribution in [2.45, 2.75) is 45.2 Å². The van der Waals surface area contributed by atoms with E-state index in [0.29, 0.717) is 32.4 Å². The van der Waals surface area contributed by atoms with Crippen LogP contribution in [0.15, 0.2) is 0 Å². The number of rotatable bonds is 5. The molecule has 1 heterocycles. The van der Waals surface area contributed by atoms with Crippen LogP contribution in [0.2, 0.25) is 0 Å². The first kappa shape index (κ1) is 15.3. The molecule has 108 valence electrons. The maximum atomic E-state index is 12.1. The average Bonchev–Trinajstić information content (AvgIpc) is 2.37. The molecule has 3 amide bonds. The fourth-order valence-electron chi connectivity index (χ4n) is 2.14. The Balaban J connectivity index is 2.69. The van der Waals surface area contributed by atoms with Gasteiger partial charge in [-0.25, -0.2) is 9.59 Å². The number of nitrogens with zero attached hydrogens (tertiary/aromatic N) is 1. The zero-order valence-corrected chi connectivity index (χ0v) is 11.3. The number of aliphatic carboxylic acids is 1. The van der Waals surface area contributed by atoms with Crippen molar-refractivity contribution in [1.29, 1.82) is 0 Å². The molecule has 0 aliphatic carbocycles. The van der Waals surface area contributed by atoms with Crippen LogP contribution in [-0.4, -0.2) is 53.1 Å². The van der Waals surface area contributed by atoms with Crippen molar-refractivity contribution in [1.82, 2.24) is 15.5 Å². The largest absolute Gasteiger partial charge is 0.480 e. The molecule has 19 heavy (non-hydrogen) atoms. The van der Waals surface area contributed by atoms with Crippen LogP contribution in [0, 0.1) is 0 Å². The average molecular weight is 271 g/mol. The van der Waals surface area contributed by atoms with E-state index in [-0.39, 0.29) is 5.91 Å². The minimum absolute atomic E-state index is 0.189. The molecular weight excluding hydrogens is 250 g/mol. The highest BCUT2D eigenvalue weighted by molar-refractivity contribution is 5.89. The number of hydrogen-bond acceptors (Lipinski definition) is 3. The number of urea groups is 1. The van der Waals surface area contributed by atoms with Crippen molar-refractivity contribution in [2.24, 2.45) is 0 Å². The summed E-state index contributed by atoms with van der Waals surface area (Å²) in [6.45, 7) is 4.46. The summed E-state index contributed by atoms with van der Waals surface area (Å²) in [5.74, 6) is -1.24. The summed E-state index contributed by atoms with van der Waals surface area (Å²) in [6, 6.07) is -1.91. The number of carbonyl (C=O) groups is 3. The summed E-state index contributed by atoms with van der Waals surface area (Å²) in [7, 11) is 0. The van der Waals surface area contributed by atoms with E-state index in [1.54, 1.807) is 0 Å². The van der Waals surface area contributed by atoms with Gasteiger partial charge in [-0.2, -0.15) is 0 Å². The first-order valence-corrected chi connectivity index (χ1v) is 6.58. The molecule has 1 aliphatic rings. The van der Waals surface area contributed by atoms with Crippen LogP contribution in [-0.2, 0) is 9.59 Å². The normalized spacial score (nSPS) is 20.6. The summed E-state index contributed by atoms with van der Waals surface area (Å²) in [6.07, 6.45) is 1.54. The van der Waals surface area contributed by atoms with Crippen LogP contribution >= 0.6 is 0 Å². The van der Waals surface area contributed by atoms with Gasteiger partial charge in [0.1, 0.15) is 12.1 Å². The summed E-state index contributed by atoms with van der Waals surface area (Å²) >= 11 is 0. The third-order valence-corrected chi connectivity index (χ3v) is 3.15. The smallest absolute Gasteiger partial charge is 0.326 e. The summed E-state index contributed by atoms with van der Waals surface area (Å²) in [5, 5.41) is 14.2. The van der Waals surface area contributed by atoms with E-state index < -0.39 is 24.1 Å². The summed E-state index contributed by atoms with van der Waals surface area (Å²) in [4.78, 5) is 36.1. The number of carboxylic acids is 1. The second-order valence-corrected chi connectivity index (χ2v) is 4.54. The van der Waals surface area contributed by atoms with Gasteiger partial charge in [-0.05, 0) is 12.8 Å². The fraction of sp³-hybridized carbons (Fsp3) is 0.750. The molecule has 1 rings (SSSR count). The third-order valence-electron chi connectivity index (χ3n) is 3.15. The van der Waals surface area contributed by atoms with Crippen molar-refractivity contribution in [3.63, 3.8) is 0 Å². The second kappa shape index (κ2) is 6.96. The van der Waals surface area contributed by atoms with Crippen molar-refractivity contribution < 1.29 is 19.5 Å². The molecule has 0 saturated carbocycles. The van der Waals surface area contributed by atoms with Crippen LogP contribution in [0.4, 0.5) is 4.79 Å². The van der Waals surface area contributed by atoms with Gasteiger partial charge in [0.15, 0.2) is 0 Å². The Kier molecular flexibility index (Phi) is 5.59. The van der Waals surface area contributed by atoms with E-state index in [4.69, 9.17) is 5.11 Å². The van der Waals surface area contributed by atoms with Gasteiger partial charge in [0, 0.05) is 13.1 Å². The van der Waals surface area contributed by atoms with E-state index in [9.17, 15) is 14.4 Å². The number of nitrogens with one attached hydrogen (secondary N) is 2. The van der Waals surface area contributed by atoms with Crippen molar-refractivity contribution >= 4 is 17.9 Å². The first-order chi connectivity index (χ1) is 9.01. The van der Waals surface area contributed by atoms with Crippen molar-refractivity contribution in [2.75, 3.05) is 13.1 Å². The summed E-state index contributed by atoms with van der Waals surface area (Å²) < 4.78 is 0. The van der Waals surface area contributed by atoms with Gasteiger partial charge < -0.3 is 20.6 Å². The Bertz CT molecular complexity index is 359. The van der Waals surface area contributed by atoms with Crippen LogP contribution in [0.3, 0.4) is 0 Å². The lowest BCUT2D eigenvalue weighted by Gasteiger charge is -2.35. The van der Waals surface area contributed by atoms with Crippen LogP contribution in [0.25, 0.3) is 0 Å². The number of amides is 3. The van der Waals surface area contributed by atoms with E-state index >= 15 is 0 Å². The van der Waals surface area contributed by atoms with Crippen LogP contribution < -0.4 is 10.6 Å². The lowest BCUT2D eigenvalue weighted by Crippen LogP contribution is -2.60. The topological polar surface area (TPSA) is 98.7 Å². The highest BCUT2D eigenvalue weighted by Crippen LogP contribution is 2.09. The number of carbonyl (C=O) groups excluding carboxylic acids is 2. The van der Waals surface area contributed by atoms with Gasteiger partial charge >= 0.3 is 12.0 Å². The van der Waals surface area contributed by atoms with Gasteiger partial charge in [-0.3, -0.25) is 4.79 Å². The number of hydrogen-bond donors (Lipinski definition) is 3. The molecule has 0 aromatic carbocycles. The third kappa shape index (κ3) is 3.84. The van der Waals surface area contributed by atoms with Gasteiger partial charge in [-0.1, -0.05) is 20.3 Å². The maximum Gasteiger partial charge on any atom is 0.326 e. The van der Waals surface area contributed by atoms with Crippen LogP contribution in [0.5, 0.6) is 0 Å². The minimum Gasteiger partial charge on any atom is -0.480 e. The Morgan fingerprint density at radius 1 is 1.53 bits per heavy atom. The first-order valence-electron chi connectivity index (χ1n) is 6.58. The Morgan fingerprint density at radius 3 is 2.74 bits per heavy atom. The maximum absolute atomic E-state index is 12.1. The molecule has 1 saturated heterocycles. The zero-order chi connectivity index (χ0) is 14.4. The van der Waals surface area contributed by atoms with E-state index in [0.717, 1.165) is 0 Å². The molecule has 7 nitrogen and oxygen atoms in total. The molecule has 0 spiro atoms. The lowest BCUT2D eigenvalue weighted by atomic mass is 10.1. The van der Waals surface area contributed by atoms with Crippen molar-refractivity contribution in [3.05, 3.63) is 0 Å². The number of piperazine rings is 1. The molecule has 0 bridgehead atoms. The van der Waals surface area contributed by atoms with Crippen LogP contribution in [0.1, 0.15) is 33.1 Å². The number of carboxylic acid groups (broad SMARTS) is 1. The summed E-state index contributed by atoms with van der Waals surface area (Å²) in [5.41, 5.74) is 0. The second-order valence-electron chi connectivity index (χ2n) is 4.54. The van der Waals surface area contributed by atoms with E-state index in [1.165, 1.54) is 4.90 Å². The highest BCUT2D eigenvalue weighted by Gasteiger charge is 2.33. The molecule has 2 atom stereocenters.